The van der Waals surface area contributed by atoms with Crippen LogP contribution < -0.4 is 15.4 Å². The maximum Gasteiger partial charge on any atom is 0.315 e. The molecule has 1 unspecified atom stereocenters. The molecule has 1 fully saturated rings. The lowest BCUT2D eigenvalue weighted by atomic mass is 9.96. The number of para-hydroxylation sites is 1. The van der Waals surface area contributed by atoms with Crippen molar-refractivity contribution in [3.63, 3.8) is 0 Å². The minimum absolute atomic E-state index is 0.154. The molecule has 2 aromatic rings. The molecule has 5 nitrogen and oxygen atoms in total. The van der Waals surface area contributed by atoms with Crippen LogP contribution in [0.25, 0.3) is 0 Å². The lowest BCUT2D eigenvalue weighted by Gasteiger charge is -2.27. The van der Waals surface area contributed by atoms with Gasteiger partial charge in [-0.15, -0.1) is 0 Å². The number of urea groups is 1. The van der Waals surface area contributed by atoms with E-state index in [1.54, 1.807) is 0 Å². The summed E-state index contributed by atoms with van der Waals surface area (Å²) in [6.07, 6.45) is 3.71. The van der Waals surface area contributed by atoms with E-state index in [1.807, 2.05) is 54.6 Å². The zero-order chi connectivity index (χ0) is 17.5. The second-order valence-electron chi connectivity index (χ2n) is 6.25. The zero-order valence-corrected chi connectivity index (χ0v) is 14.2. The van der Waals surface area contributed by atoms with E-state index < -0.39 is 6.04 Å². The van der Waals surface area contributed by atoms with Crippen LogP contribution in [0.15, 0.2) is 54.6 Å². The van der Waals surface area contributed by atoms with Gasteiger partial charge in [0, 0.05) is 12.1 Å². The van der Waals surface area contributed by atoms with E-state index in [-0.39, 0.29) is 12.6 Å². The van der Waals surface area contributed by atoms with Crippen LogP contribution in [0, 0.1) is 0 Å². The number of hydrogen-bond acceptors (Lipinski definition) is 3. The molecule has 1 saturated carbocycles. The van der Waals surface area contributed by atoms with E-state index >= 15 is 0 Å². The van der Waals surface area contributed by atoms with Gasteiger partial charge in [0.15, 0.2) is 0 Å². The third-order valence-corrected chi connectivity index (χ3v) is 4.45. The summed E-state index contributed by atoms with van der Waals surface area (Å²) in [6, 6.07) is 16.4. The summed E-state index contributed by atoms with van der Waals surface area (Å²) in [4.78, 5) is 12.2. The lowest BCUT2D eigenvalue weighted by Crippen LogP contribution is -2.39. The van der Waals surface area contributed by atoms with Gasteiger partial charge in [-0.3, -0.25) is 0 Å². The number of carbonyl (C=O) groups excluding carboxylic acids is 1. The first-order valence-electron chi connectivity index (χ1n) is 8.71. The van der Waals surface area contributed by atoms with Crippen molar-refractivity contribution in [2.24, 2.45) is 0 Å². The van der Waals surface area contributed by atoms with Crippen molar-refractivity contribution in [1.29, 1.82) is 0 Å². The maximum absolute atomic E-state index is 12.2. The van der Waals surface area contributed by atoms with Crippen LogP contribution in [0.3, 0.4) is 0 Å². The number of carbonyl (C=O) groups is 1. The maximum atomic E-state index is 12.2. The van der Waals surface area contributed by atoms with Crippen LogP contribution >= 0.6 is 0 Å². The normalized spacial score (nSPS) is 15.1. The Hall–Kier alpha value is -2.53. The summed E-state index contributed by atoms with van der Waals surface area (Å²) in [7, 11) is 0. The first kappa shape index (κ1) is 17.3. The van der Waals surface area contributed by atoms with Crippen molar-refractivity contribution in [1.82, 2.24) is 10.6 Å². The predicted molar refractivity (Wildman–Crippen MR) is 96.3 cm³/mol. The number of benzene rings is 2. The van der Waals surface area contributed by atoms with Crippen molar-refractivity contribution in [2.75, 3.05) is 6.61 Å². The van der Waals surface area contributed by atoms with Crippen molar-refractivity contribution in [3.8, 4) is 5.75 Å². The average Bonchev–Trinajstić information content (AvgIpc) is 2.62. The number of rotatable bonds is 7. The first-order chi connectivity index (χ1) is 12.3. The standard InChI is InChI=1S/C20H24N2O3/c23-14-18(15-7-2-1-3-8-15)22-20(24)21-13-16-9-4-5-12-19(16)25-17-10-6-11-17/h1-5,7-9,12,17-18,23H,6,10-11,13-14H2,(H2,21,22,24). The molecule has 25 heavy (non-hydrogen) atoms. The van der Waals surface area contributed by atoms with Crippen LogP contribution in [0.2, 0.25) is 0 Å². The van der Waals surface area contributed by atoms with E-state index in [4.69, 9.17) is 4.74 Å². The van der Waals surface area contributed by atoms with Crippen molar-refractivity contribution >= 4 is 6.03 Å². The van der Waals surface area contributed by atoms with Gasteiger partial charge in [0.05, 0.1) is 18.8 Å². The molecule has 0 bridgehead atoms. The van der Waals surface area contributed by atoms with Gasteiger partial charge in [0.25, 0.3) is 0 Å². The largest absolute Gasteiger partial charge is 0.490 e. The Morgan fingerprint density at radius 2 is 1.84 bits per heavy atom. The number of ether oxygens (including phenoxy) is 1. The summed E-state index contributed by atoms with van der Waals surface area (Å²) in [6.45, 7) is 0.223. The van der Waals surface area contributed by atoms with Gasteiger partial charge >= 0.3 is 6.03 Å². The molecule has 0 aliphatic heterocycles. The Kier molecular flexibility index (Phi) is 5.90. The molecule has 1 aliphatic carbocycles. The second-order valence-corrected chi connectivity index (χ2v) is 6.25. The fraction of sp³-hybridized carbons (Fsp3) is 0.350. The molecule has 0 heterocycles. The molecule has 3 N–H and O–H groups in total. The molecule has 0 saturated heterocycles. The predicted octanol–water partition coefficient (Wildman–Crippen LogP) is 3.15. The van der Waals surface area contributed by atoms with Crippen LogP contribution in [-0.2, 0) is 6.54 Å². The molecule has 1 aliphatic rings. The minimum atomic E-state index is -0.428. The zero-order valence-electron chi connectivity index (χ0n) is 14.2. The van der Waals surface area contributed by atoms with Crippen molar-refractivity contribution < 1.29 is 14.6 Å². The molecule has 5 heteroatoms. The fourth-order valence-electron chi connectivity index (χ4n) is 2.74. The monoisotopic (exact) mass is 340 g/mol. The SMILES string of the molecule is O=C(NCc1ccccc1OC1CCC1)NC(CO)c1ccccc1. The second kappa shape index (κ2) is 8.53. The summed E-state index contributed by atoms with van der Waals surface area (Å²) in [5.41, 5.74) is 1.82. The van der Waals surface area contributed by atoms with Crippen molar-refractivity contribution in [3.05, 3.63) is 65.7 Å². The van der Waals surface area contributed by atoms with E-state index in [0.29, 0.717) is 12.6 Å². The molecule has 0 radical (unpaired) electrons. The quantitative estimate of drug-likeness (QED) is 0.725. The van der Waals surface area contributed by atoms with E-state index in [2.05, 4.69) is 10.6 Å². The Labute approximate surface area is 148 Å². The van der Waals surface area contributed by atoms with Crippen molar-refractivity contribution in [2.45, 2.75) is 38.0 Å². The Morgan fingerprint density at radius 3 is 2.52 bits per heavy atom. The van der Waals surface area contributed by atoms with Gasteiger partial charge in [0.1, 0.15) is 5.75 Å². The summed E-state index contributed by atoms with van der Waals surface area (Å²) < 4.78 is 5.97. The molecule has 1 atom stereocenters. The summed E-state index contributed by atoms with van der Waals surface area (Å²) in [5, 5.41) is 15.2. The van der Waals surface area contributed by atoms with Crippen LogP contribution in [0.5, 0.6) is 5.75 Å². The Bertz CT molecular complexity index is 686. The highest BCUT2D eigenvalue weighted by atomic mass is 16.5. The summed E-state index contributed by atoms with van der Waals surface area (Å²) >= 11 is 0. The fourth-order valence-corrected chi connectivity index (χ4v) is 2.74. The Balaban J connectivity index is 1.55. The highest BCUT2D eigenvalue weighted by molar-refractivity contribution is 5.74. The van der Waals surface area contributed by atoms with E-state index in [0.717, 1.165) is 29.7 Å². The first-order valence-corrected chi connectivity index (χ1v) is 8.71. The Morgan fingerprint density at radius 1 is 1.12 bits per heavy atom. The van der Waals surface area contributed by atoms with E-state index in [1.165, 1.54) is 6.42 Å². The average molecular weight is 340 g/mol. The molecule has 2 amide bonds. The van der Waals surface area contributed by atoms with Crippen LogP contribution in [-0.4, -0.2) is 23.8 Å². The molecule has 0 aromatic heterocycles. The molecule has 2 aromatic carbocycles. The number of aliphatic hydroxyl groups is 1. The highest BCUT2D eigenvalue weighted by Gasteiger charge is 2.20. The van der Waals surface area contributed by atoms with Gasteiger partial charge in [-0.25, -0.2) is 4.79 Å². The van der Waals surface area contributed by atoms with Crippen LogP contribution in [0.1, 0.15) is 36.4 Å². The minimum Gasteiger partial charge on any atom is -0.490 e. The third kappa shape index (κ3) is 4.73. The molecule has 0 spiro atoms. The third-order valence-electron chi connectivity index (χ3n) is 4.45. The summed E-state index contributed by atoms with van der Waals surface area (Å²) in [5.74, 6) is 0.828. The number of aliphatic hydroxyl groups excluding tert-OH is 1. The van der Waals surface area contributed by atoms with Gasteiger partial charge < -0.3 is 20.5 Å². The lowest BCUT2D eigenvalue weighted by molar-refractivity contribution is 0.119. The molecule has 132 valence electrons. The molecular weight excluding hydrogens is 316 g/mol. The van der Waals surface area contributed by atoms with Gasteiger partial charge in [-0.2, -0.15) is 0 Å². The molecule has 3 rings (SSSR count). The smallest absolute Gasteiger partial charge is 0.315 e. The number of amides is 2. The highest BCUT2D eigenvalue weighted by Crippen LogP contribution is 2.27. The molecular formula is C20H24N2O3. The van der Waals surface area contributed by atoms with Gasteiger partial charge in [-0.1, -0.05) is 48.5 Å². The topological polar surface area (TPSA) is 70.6 Å². The van der Waals surface area contributed by atoms with Crippen LogP contribution in [0.4, 0.5) is 4.79 Å². The number of hydrogen-bond donors (Lipinski definition) is 3. The van der Waals surface area contributed by atoms with E-state index in [9.17, 15) is 9.90 Å². The van der Waals surface area contributed by atoms with Gasteiger partial charge in [0.2, 0.25) is 0 Å². The number of nitrogens with one attached hydrogen (secondary N) is 2. The van der Waals surface area contributed by atoms with Gasteiger partial charge in [-0.05, 0) is 30.9 Å².